The molecule has 1 fully saturated rings. The predicted octanol–water partition coefficient (Wildman–Crippen LogP) is 2.18. The number of halogens is 1. The molecule has 0 atom stereocenters. The molecule has 0 aliphatic heterocycles. The molecule has 0 heterocycles. The van der Waals surface area contributed by atoms with E-state index in [2.05, 4.69) is 0 Å². The predicted molar refractivity (Wildman–Crippen MR) is 74.4 cm³/mol. The summed E-state index contributed by atoms with van der Waals surface area (Å²) in [7, 11) is 0. The average molecular weight is 313 g/mol. The van der Waals surface area contributed by atoms with Gasteiger partial charge in [-0.1, -0.05) is 11.6 Å². The standard InChI is InChI=1S/C13H13ClN2O5/c14-10-4-3-9(5-11(10)16(20)21)13(19)15(7-12(17)18)6-8-1-2-8/h3-5,8H,1-2,6-7H2,(H,17,18). The first kappa shape index (κ1) is 15.2. The summed E-state index contributed by atoms with van der Waals surface area (Å²) in [4.78, 5) is 34.5. The fourth-order valence-corrected chi connectivity index (χ4v) is 2.15. The van der Waals surface area contributed by atoms with Gasteiger partial charge in [-0.2, -0.15) is 0 Å². The van der Waals surface area contributed by atoms with Gasteiger partial charge in [0.15, 0.2) is 0 Å². The van der Waals surface area contributed by atoms with Crippen LogP contribution >= 0.6 is 11.6 Å². The van der Waals surface area contributed by atoms with Gasteiger partial charge in [-0.25, -0.2) is 0 Å². The van der Waals surface area contributed by atoms with E-state index in [9.17, 15) is 19.7 Å². The number of hydrogen-bond acceptors (Lipinski definition) is 4. The summed E-state index contributed by atoms with van der Waals surface area (Å²) in [6.45, 7) is -0.0761. The maximum absolute atomic E-state index is 12.3. The Hall–Kier alpha value is -2.15. The van der Waals surface area contributed by atoms with Crippen molar-refractivity contribution in [3.05, 3.63) is 38.9 Å². The third-order valence-electron chi connectivity index (χ3n) is 3.18. The second kappa shape index (κ2) is 6.09. The van der Waals surface area contributed by atoms with Gasteiger partial charge in [-0.3, -0.25) is 19.7 Å². The lowest BCUT2D eigenvalue weighted by Crippen LogP contribution is -2.37. The average Bonchev–Trinajstić information content (AvgIpc) is 3.21. The molecule has 0 unspecified atom stereocenters. The van der Waals surface area contributed by atoms with E-state index in [0.29, 0.717) is 12.5 Å². The summed E-state index contributed by atoms with van der Waals surface area (Å²) in [6.07, 6.45) is 1.92. The van der Waals surface area contributed by atoms with Gasteiger partial charge in [0.25, 0.3) is 11.6 Å². The first-order valence-corrected chi connectivity index (χ1v) is 6.71. The molecule has 8 heteroatoms. The van der Waals surface area contributed by atoms with Crippen molar-refractivity contribution < 1.29 is 19.6 Å². The van der Waals surface area contributed by atoms with Gasteiger partial charge >= 0.3 is 5.97 Å². The van der Waals surface area contributed by atoms with Crippen molar-refractivity contribution in [1.82, 2.24) is 4.90 Å². The van der Waals surface area contributed by atoms with E-state index in [1.165, 1.54) is 17.0 Å². The van der Waals surface area contributed by atoms with Crippen molar-refractivity contribution in [3.63, 3.8) is 0 Å². The number of nitro benzene ring substituents is 1. The van der Waals surface area contributed by atoms with Gasteiger partial charge in [0, 0.05) is 18.2 Å². The third-order valence-corrected chi connectivity index (χ3v) is 3.50. The molecular formula is C13H13ClN2O5. The van der Waals surface area contributed by atoms with E-state index in [1.54, 1.807) is 0 Å². The SMILES string of the molecule is O=C(O)CN(CC1CC1)C(=O)c1ccc(Cl)c([N+](=O)[O-])c1. The first-order valence-electron chi connectivity index (χ1n) is 6.33. The minimum absolute atomic E-state index is 0.0630. The zero-order valence-electron chi connectivity index (χ0n) is 11.0. The summed E-state index contributed by atoms with van der Waals surface area (Å²) in [5.41, 5.74) is -0.308. The molecule has 1 aliphatic rings. The Morgan fingerprint density at radius 1 is 1.43 bits per heavy atom. The van der Waals surface area contributed by atoms with Crippen LogP contribution in [-0.4, -0.2) is 39.9 Å². The number of carboxylic acid groups (broad SMARTS) is 1. The molecule has 0 radical (unpaired) electrons. The quantitative estimate of drug-likeness (QED) is 0.641. The summed E-state index contributed by atoms with van der Waals surface area (Å²) < 4.78 is 0. The van der Waals surface area contributed by atoms with Gasteiger partial charge < -0.3 is 10.0 Å². The summed E-state index contributed by atoms with van der Waals surface area (Å²) in [6, 6.07) is 3.70. The van der Waals surface area contributed by atoms with Crippen molar-refractivity contribution in [2.75, 3.05) is 13.1 Å². The van der Waals surface area contributed by atoms with Crippen LogP contribution in [0.5, 0.6) is 0 Å². The van der Waals surface area contributed by atoms with Crippen LogP contribution in [0.2, 0.25) is 5.02 Å². The summed E-state index contributed by atoms with van der Waals surface area (Å²) >= 11 is 5.69. The fraction of sp³-hybridized carbons (Fsp3) is 0.385. The van der Waals surface area contributed by atoms with Crippen LogP contribution in [0.4, 0.5) is 5.69 Å². The van der Waals surface area contributed by atoms with Crippen LogP contribution < -0.4 is 0 Å². The number of carbonyl (C=O) groups is 2. The van der Waals surface area contributed by atoms with Gasteiger partial charge in [0.05, 0.1) is 4.92 Å². The molecule has 1 amide bonds. The zero-order chi connectivity index (χ0) is 15.6. The molecule has 1 aromatic carbocycles. The molecule has 112 valence electrons. The molecule has 0 bridgehead atoms. The van der Waals surface area contributed by atoms with E-state index >= 15 is 0 Å². The number of carbonyl (C=O) groups excluding carboxylic acids is 1. The highest BCUT2D eigenvalue weighted by molar-refractivity contribution is 6.32. The van der Waals surface area contributed by atoms with Crippen LogP contribution in [0.15, 0.2) is 18.2 Å². The first-order chi connectivity index (χ1) is 9.88. The maximum atomic E-state index is 12.3. The van der Waals surface area contributed by atoms with Crippen molar-refractivity contribution in [2.45, 2.75) is 12.8 Å². The lowest BCUT2D eigenvalue weighted by atomic mass is 10.1. The second-order valence-electron chi connectivity index (χ2n) is 4.95. The monoisotopic (exact) mass is 312 g/mol. The van der Waals surface area contributed by atoms with Crippen LogP contribution in [-0.2, 0) is 4.79 Å². The highest BCUT2D eigenvalue weighted by Gasteiger charge is 2.29. The molecule has 1 saturated carbocycles. The molecule has 0 aromatic heterocycles. The normalized spacial score (nSPS) is 13.8. The number of aliphatic carboxylic acids is 1. The Balaban J connectivity index is 2.24. The van der Waals surface area contributed by atoms with Crippen molar-refractivity contribution in [2.24, 2.45) is 5.92 Å². The number of nitrogens with zero attached hydrogens (tertiary/aromatic N) is 2. The third kappa shape index (κ3) is 3.91. The minimum atomic E-state index is -1.12. The highest BCUT2D eigenvalue weighted by atomic mass is 35.5. The summed E-state index contributed by atoms with van der Waals surface area (Å²) in [5.74, 6) is -1.34. The molecule has 0 spiro atoms. The van der Waals surface area contributed by atoms with Gasteiger partial charge in [-0.05, 0) is 30.9 Å². The molecule has 2 rings (SSSR count). The smallest absolute Gasteiger partial charge is 0.323 e. The number of benzene rings is 1. The Morgan fingerprint density at radius 2 is 2.10 bits per heavy atom. The van der Waals surface area contributed by atoms with E-state index in [1.807, 2.05) is 0 Å². The van der Waals surface area contributed by atoms with Crippen molar-refractivity contribution in [1.29, 1.82) is 0 Å². The van der Waals surface area contributed by atoms with Gasteiger partial charge in [0.2, 0.25) is 0 Å². The Morgan fingerprint density at radius 3 is 2.62 bits per heavy atom. The molecule has 0 saturated heterocycles. The number of hydrogen-bond donors (Lipinski definition) is 1. The van der Waals surface area contributed by atoms with Crippen LogP contribution in [0.25, 0.3) is 0 Å². The Kier molecular flexibility index (Phi) is 4.42. The van der Waals surface area contributed by atoms with Crippen LogP contribution in [0.3, 0.4) is 0 Å². The van der Waals surface area contributed by atoms with Gasteiger partial charge in [0.1, 0.15) is 11.6 Å². The molecule has 1 aromatic rings. The maximum Gasteiger partial charge on any atom is 0.323 e. The Bertz CT molecular complexity index is 600. The highest BCUT2D eigenvalue weighted by Crippen LogP contribution is 2.31. The molecular weight excluding hydrogens is 300 g/mol. The lowest BCUT2D eigenvalue weighted by Gasteiger charge is -2.20. The second-order valence-corrected chi connectivity index (χ2v) is 5.35. The van der Waals surface area contributed by atoms with E-state index in [-0.39, 0.29) is 16.3 Å². The number of rotatable bonds is 6. The van der Waals surface area contributed by atoms with E-state index < -0.39 is 23.3 Å². The van der Waals surface area contributed by atoms with Crippen molar-refractivity contribution >= 4 is 29.2 Å². The van der Waals surface area contributed by atoms with Crippen LogP contribution in [0.1, 0.15) is 23.2 Å². The number of amides is 1. The molecule has 1 N–H and O–H groups in total. The lowest BCUT2D eigenvalue weighted by molar-refractivity contribution is -0.384. The number of carboxylic acids is 1. The topological polar surface area (TPSA) is 101 Å². The molecule has 7 nitrogen and oxygen atoms in total. The van der Waals surface area contributed by atoms with E-state index in [4.69, 9.17) is 16.7 Å². The fourth-order valence-electron chi connectivity index (χ4n) is 1.96. The van der Waals surface area contributed by atoms with Crippen LogP contribution in [0, 0.1) is 16.0 Å². The zero-order valence-corrected chi connectivity index (χ0v) is 11.7. The number of nitro groups is 1. The minimum Gasteiger partial charge on any atom is -0.480 e. The van der Waals surface area contributed by atoms with Gasteiger partial charge in [-0.15, -0.1) is 0 Å². The van der Waals surface area contributed by atoms with Crippen molar-refractivity contribution in [3.8, 4) is 0 Å². The summed E-state index contributed by atoms with van der Waals surface area (Å²) in [5, 5.41) is 19.6. The largest absolute Gasteiger partial charge is 0.480 e. The van der Waals surface area contributed by atoms with E-state index in [0.717, 1.165) is 18.9 Å². The molecule has 1 aliphatic carbocycles. The Labute approximate surface area is 125 Å². The molecule has 21 heavy (non-hydrogen) atoms.